The molecule has 0 amide bonds. The Labute approximate surface area is 153 Å². The summed E-state index contributed by atoms with van der Waals surface area (Å²) in [5.41, 5.74) is -0.559. The zero-order valence-corrected chi connectivity index (χ0v) is 16.8. The second-order valence-corrected chi connectivity index (χ2v) is 8.87. The number of carboxylic acid groups (broad SMARTS) is 1. The number of carboxylic acids is 1. The quantitative estimate of drug-likeness (QED) is 0.466. The molecule has 5 heteroatoms. The van der Waals surface area contributed by atoms with E-state index < -0.39 is 5.97 Å². The zero-order chi connectivity index (χ0) is 19.3. The van der Waals surface area contributed by atoms with Gasteiger partial charge in [0.15, 0.2) is 0 Å². The summed E-state index contributed by atoms with van der Waals surface area (Å²) >= 11 is 0. The van der Waals surface area contributed by atoms with Gasteiger partial charge in [-0.3, -0.25) is 0 Å². The van der Waals surface area contributed by atoms with E-state index in [0.29, 0.717) is 5.92 Å². The molecule has 2 unspecified atom stereocenters. The molecule has 0 spiro atoms. The van der Waals surface area contributed by atoms with Gasteiger partial charge in [-0.15, -0.1) is 0 Å². The lowest BCUT2D eigenvalue weighted by Crippen LogP contribution is -2.60. The molecule has 5 nitrogen and oxygen atoms in total. The molecule has 146 valence electrons. The van der Waals surface area contributed by atoms with Crippen molar-refractivity contribution in [2.24, 2.45) is 5.92 Å². The molecule has 1 aliphatic rings. The summed E-state index contributed by atoms with van der Waals surface area (Å²) in [5, 5.41) is 20.5. The maximum absolute atomic E-state index is 10.5. The third-order valence-corrected chi connectivity index (χ3v) is 5.11. The van der Waals surface area contributed by atoms with Crippen LogP contribution in [0.5, 0.6) is 0 Å². The molecule has 2 N–H and O–H groups in total. The number of hydroxylamine groups is 2. The van der Waals surface area contributed by atoms with Gasteiger partial charge in [0.2, 0.25) is 0 Å². The zero-order valence-electron chi connectivity index (χ0n) is 16.8. The molecule has 25 heavy (non-hydrogen) atoms. The Hall–Kier alpha value is -0.910. The molecule has 1 rings (SSSR count). The average molecular weight is 356 g/mol. The van der Waals surface area contributed by atoms with E-state index in [1.165, 1.54) is 11.1 Å². The van der Waals surface area contributed by atoms with Crippen molar-refractivity contribution >= 4 is 5.97 Å². The van der Waals surface area contributed by atoms with E-state index in [1.807, 2.05) is 6.92 Å². The molecule has 0 bridgehead atoms. The van der Waals surface area contributed by atoms with Gasteiger partial charge in [0.05, 0.1) is 12.2 Å². The second kappa shape index (κ2) is 9.15. The summed E-state index contributed by atoms with van der Waals surface area (Å²) in [7, 11) is 0. The van der Waals surface area contributed by atoms with Crippen LogP contribution in [0.2, 0.25) is 0 Å². The number of piperidine rings is 1. The Balaban J connectivity index is 2.33. The van der Waals surface area contributed by atoms with Gasteiger partial charge in [0.25, 0.3) is 0 Å². The number of hydrogen-bond acceptors (Lipinski definition) is 4. The van der Waals surface area contributed by atoms with Crippen LogP contribution in [0.3, 0.4) is 0 Å². The standard InChI is InChI=1S/C20H37NO4/c1-15(11-12-18(22)23)9-7-8-10-16(2)25-17-13-19(3,4)21(24)20(5,6)14-17/h11-12,15-17,24H,7-10,13-14H2,1-6H3,(H,22,23)/b12-11+. The third kappa shape index (κ3) is 7.47. The van der Waals surface area contributed by atoms with Crippen molar-refractivity contribution in [1.82, 2.24) is 5.06 Å². The van der Waals surface area contributed by atoms with Crippen molar-refractivity contribution in [3.8, 4) is 0 Å². The van der Waals surface area contributed by atoms with Crippen LogP contribution in [-0.4, -0.2) is 44.6 Å². The molecule has 0 aromatic rings. The lowest BCUT2D eigenvalue weighted by Gasteiger charge is -2.51. The van der Waals surface area contributed by atoms with Crippen molar-refractivity contribution in [1.29, 1.82) is 0 Å². The lowest BCUT2D eigenvalue weighted by atomic mass is 9.80. The Morgan fingerprint density at radius 3 is 2.20 bits per heavy atom. The summed E-state index contributed by atoms with van der Waals surface area (Å²) < 4.78 is 6.27. The van der Waals surface area contributed by atoms with Crippen LogP contribution >= 0.6 is 0 Å². The Kier molecular flexibility index (Phi) is 8.10. The average Bonchev–Trinajstić information content (AvgIpc) is 2.46. The van der Waals surface area contributed by atoms with Crippen LogP contribution in [0.1, 0.15) is 80.1 Å². The van der Waals surface area contributed by atoms with Crippen LogP contribution in [0.25, 0.3) is 0 Å². The monoisotopic (exact) mass is 355 g/mol. The number of rotatable bonds is 9. The number of carbonyl (C=O) groups is 1. The fourth-order valence-electron chi connectivity index (χ4n) is 3.91. The normalized spacial score (nSPS) is 23.6. The minimum Gasteiger partial charge on any atom is -0.478 e. The molecule has 1 aliphatic heterocycles. The molecule has 1 saturated heterocycles. The van der Waals surface area contributed by atoms with Crippen LogP contribution in [0, 0.1) is 5.92 Å². The van der Waals surface area contributed by atoms with Crippen LogP contribution in [0.4, 0.5) is 0 Å². The highest BCUT2D eigenvalue weighted by Crippen LogP contribution is 2.38. The van der Waals surface area contributed by atoms with E-state index in [9.17, 15) is 10.0 Å². The molecule has 1 fully saturated rings. The predicted octanol–water partition coefficient (Wildman–Crippen LogP) is 4.64. The van der Waals surface area contributed by atoms with E-state index in [0.717, 1.165) is 38.5 Å². The Bertz CT molecular complexity index is 441. The van der Waals surface area contributed by atoms with Gasteiger partial charge < -0.3 is 15.1 Å². The molecule has 0 aromatic heterocycles. The molecule has 0 saturated carbocycles. The van der Waals surface area contributed by atoms with Gasteiger partial charge in [-0.05, 0) is 66.2 Å². The first-order valence-corrected chi connectivity index (χ1v) is 9.50. The van der Waals surface area contributed by atoms with E-state index in [-0.39, 0.29) is 23.3 Å². The minimum atomic E-state index is -0.881. The van der Waals surface area contributed by atoms with Crippen LogP contribution < -0.4 is 0 Å². The summed E-state index contributed by atoms with van der Waals surface area (Å²) in [5.74, 6) is -0.587. The predicted molar refractivity (Wildman–Crippen MR) is 99.8 cm³/mol. The van der Waals surface area contributed by atoms with Crippen molar-refractivity contribution in [2.75, 3.05) is 0 Å². The maximum atomic E-state index is 10.5. The van der Waals surface area contributed by atoms with E-state index in [2.05, 4.69) is 34.6 Å². The maximum Gasteiger partial charge on any atom is 0.327 e. The molecule has 2 atom stereocenters. The second-order valence-electron chi connectivity index (χ2n) is 8.87. The third-order valence-electron chi connectivity index (χ3n) is 5.11. The number of unbranched alkanes of at least 4 members (excludes halogenated alkanes) is 1. The van der Waals surface area contributed by atoms with Gasteiger partial charge in [-0.25, -0.2) is 4.79 Å². The first kappa shape index (κ1) is 22.1. The fourth-order valence-corrected chi connectivity index (χ4v) is 3.91. The topological polar surface area (TPSA) is 70.0 Å². The molecule has 1 heterocycles. The van der Waals surface area contributed by atoms with Crippen molar-refractivity contribution < 1.29 is 19.8 Å². The van der Waals surface area contributed by atoms with Gasteiger partial charge in [-0.2, -0.15) is 5.06 Å². The minimum absolute atomic E-state index is 0.167. The van der Waals surface area contributed by atoms with E-state index in [1.54, 1.807) is 6.08 Å². The summed E-state index contributed by atoms with van der Waals surface area (Å²) in [6.45, 7) is 12.4. The van der Waals surface area contributed by atoms with Gasteiger partial charge in [0, 0.05) is 17.2 Å². The van der Waals surface area contributed by atoms with Crippen molar-refractivity contribution in [3.05, 3.63) is 12.2 Å². The van der Waals surface area contributed by atoms with Crippen molar-refractivity contribution in [3.63, 3.8) is 0 Å². The SMILES string of the molecule is CC(/C=C/C(=O)O)CCCCC(C)OC1CC(C)(C)N(O)C(C)(C)C1. The highest BCUT2D eigenvalue weighted by molar-refractivity contribution is 5.79. The van der Waals surface area contributed by atoms with Crippen LogP contribution in [0.15, 0.2) is 12.2 Å². The summed E-state index contributed by atoms with van der Waals surface area (Å²) in [6.07, 6.45) is 9.18. The number of ether oxygens (including phenoxy) is 1. The number of aliphatic carboxylic acids is 1. The smallest absolute Gasteiger partial charge is 0.327 e. The summed E-state index contributed by atoms with van der Waals surface area (Å²) in [6, 6.07) is 0. The van der Waals surface area contributed by atoms with Gasteiger partial charge in [0.1, 0.15) is 0 Å². The van der Waals surface area contributed by atoms with E-state index >= 15 is 0 Å². The Morgan fingerprint density at radius 2 is 1.68 bits per heavy atom. The number of allylic oxidation sites excluding steroid dienone is 1. The van der Waals surface area contributed by atoms with Gasteiger partial charge in [-0.1, -0.05) is 25.8 Å². The highest BCUT2D eigenvalue weighted by Gasteiger charge is 2.45. The summed E-state index contributed by atoms with van der Waals surface area (Å²) in [4.78, 5) is 10.5. The first-order chi connectivity index (χ1) is 11.4. The number of hydrogen-bond donors (Lipinski definition) is 2. The first-order valence-electron chi connectivity index (χ1n) is 9.50. The van der Waals surface area contributed by atoms with Crippen LogP contribution in [-0.2, 0) is 9.53 Å². The molecular weight excluding hydrogens is 318 g/mol. The fraction of sp³-hybridized carbons (Fsp3) is 0.850. The Morgan fingerprint density at radius 1 is 1.16 bits per heavy atom. The lowest BCUT2D eigenvalue weighted by molar-refractivity contribution is -0.264. The molecule has 0 aliphatic carbocycles. The molecular formula is C20H37NO4. The molecule has 0 radical (unpaired) electrons. The number of nitrogens with zero attached hydrogens (tertiary/aromatic N) is 1. The molecule has 0 aromatic carbocycles. The highest BCUT2D eigenvalue weighted by atomic mass is 16.5. The van der Waals surface area contributed by atoms with Gasteiger partial charge >= 0.3 is 5.97 Å². The van der Waals surface area contributed by atoms with E-state index in [4.69, 9.17) is 9.84 Å². The largest absolute Gasteiger partial charge is 0.478 e. The van der Waals surface area contributed by atoms with Crippen molar-refractivity contribution in [2.45, 2.75) is 103 Å².